The van der Waals surface area contributed by atoms with Gasteiger partial charge in [0.2, 0.25) is 0 Å². The lowest BCUT2D eigenvalue weighted by Gasteiger charge is -2.08. The van der Waals surface area contributed by atoms with E-state index in [4.69, 9.17) is 0 Å². The van der Waals surface area contributed by atoms with Crippen molar-refractivity contribution >= 4 is 33.1 Å². The lowest BCUT2D eigenvalue weighted by Crippen LogP contribution is -2.29. The number of carbonyl (C=O) groups excluding carboxylic acids is 1. The maximum absolute atomic E-state index is 12.1. The molecule has 1 amide bonds. The molecule has 0 bridgehead atoms. The number of amides is 1. The monoisotopic (exact) mass is 283 g/mol. The molecular formula is C15H13N3OS. The van der Waals surface area contributed by atoms with Gasteiger partial charge in [-0.25, -0.2) is 4.98 Å². The molecule has 0 aliphatic carbocycles. The number of para-hydroxylation sites is 1. The highest BCUT2D eigenvalue weighted by atomic mass is 32.1. The molecule has 0 aliphatic heterocycles. The average Bonchev–Trinajstić information content (AvgIpc) is 2.85. The quantitative estimate of drug-likeness (QED) is 0.725. The Labute approximate surface area is 120 Å². The molecule has 4 nitrogen and oxygen atoms in total. The third-order valence-electron chi connectivity index (χ3n) is 2.85. The number of hydrogen-bond acceptors (Lipinski definition) is 4. The Morgan fingerprint density at radius 2 is 1.95 bits per heavy atom. The molecule has 3 rings (SSSR count). The van der Waals surface area contributed by atoms with E-state index in [2.05, 4.69) is 15.8 Å². The van der Waals surface area contributed by atoms with Crippen LogP contribution in [0.1, 0.15) is 15.4 Å². The number of nitrogens with zero attached hydrogens (tertiary/aromatic N) is 1. The molecule has 0 spiro atoms. The molecule has 0 atom stereocenters. The van der Waals surface area contributed by atoms with Crippen molar-refractivity contribution in [2.75, 3.05) is 5.43 Å². The van der Waals surface area contributed by atoms with Gasteiger partial charge in [0.1, 0.15) is 0 Å². The number of aromatic nitrogens is 1. The molecule has 1 heterocycles. The van der Waals surface area contributed by atoms with Crippen LogP contribution in [0.3, 0.4) is 0 Å². The second-order valence-electron chi connectivity index (χ2n) is 4.36. The lowest BCUT2D eigenvalue weighted by atomic mass is 10.2. The normalized spacial score (nSPS) is 10.4. The molecule has 0 fully saturated rings. The number of rotatable bonds is 3. The number of carbonyl (C=O) groups is 1. The van der Waals surface area contributed by atoms with Crippen LogP contribution in [0.4, 0.5) is 5.69 Å². The van der Waals surface area contributed by atoms with E-state index in [1.807, 2.05) is 49.4 Å². The second kappa shape index (κ2) is 5.30. The van der Waals surface area contributed by atoms with Crippen LogP contribution in [-0.2, 0) is 0 Å². The van der Waals surface area contributed by atoms with Crippen molar-refractivity contribution in [3.05, 3.63) is 59.1 Å². The lowest BCUT2D eigenvalue weighted by molar-refractivity contribution is 0.0963. The summed E-state index contributed by atoms with van der Waals surface area (Å²) in [5.41, 5.74) is 7.96. The number of nitrogens with one attached hydrogen (secondary N) is 2. The van der Waals surface area contributed by atoms with Crippen LogP contribution in [0, 0.1) is 6.92 Å². The summed E-state index contributed by atoms with van der Waals surface area (Å²) in [5, 5.41) is 1.000. The second-order valence-corrected chi connectivity index (χ2v) is 5.60. The zero-order chi connectivity index (χ0) is 13.9. The Balaban J connectivity index is 1.75. The number of anilines is 1. The van der Waals surface area contributed by atoms with Gasteiger partial charge in [-0.3, -0.25) is 15.6 Å². The third kappa shape index (κ3) is 2.62. The first-order valence-electron chi connectivity index (χ1n) is 6.21. The van der Waals surface area contributed by atoms with E-state index in [-0.39, 0.29) is 5.91 Å². The molecule has 5 heteroatoms. The Hall–Kier alpha value is -2.40. The summed E-state index contributed by atoms with van der Waals surface area (Å²) in [6.45, 7) is 1.96. The standard InChI is InChI=1S/C15H13N3OS/c1-10-16-13-8-7-11(9-14(13)20-10)15(19)18-17-12-5-3-2-4-6-12/h2-9,17H,1H3,(H,18,19). The summed E-state index contributed by atoms with van der Waals surface area (Å²) >= 11 is 1.59. The van der Waals surface area contributed by atoms with Crippen LogP contribution in [-0.4, -0.2) is 10.9 Å². The number of hydrazine groups is 1. The molecule has 3 aromatic rings. The van der Waals surface area contributed by atoms with Crippen LogP contribution in [0.5, 0.6) is 0 Å². The van der Waals surface area contributed by atoms with Crippen molar-refractivity contribution in [2.45, 2.75) is 6.92 Å². The highest BCUT2D eigenvalue weighted by Crippen LogP contribution is 2.22. The molecule has 20 heavy (non-hydrogen) atoms. The highest BCUT2D eigenvalue weighted by molar-refractivity contribution is 7.18. The fourth-order valence-electron chi connectivity index (χ4n) is 1.90. The summed E-state index contributed by atoms with van der Waals surface area (Å²) in [7, 11) is 0. The van der Waals surface area contributed by atoms with Crippen molar-refractivity contribution in [3.63, 3.8) is 0 Å². The Morgan fingerprint density at radius 3 is 2.75 bits per heavy atom. The van der Waals surface area contributed by atoms with Gasteiger partial charge >= 0.3 is 0 Å². The first-order chi connectivity index (χ1) is 9.72. The fraction of sp³-hybridized carbons (Fsp3) is 0.0667. The molecule has 0 saturated heterocycles. The topological polar surface area (TPSA) is 54.0 Å². The Kier molecular flexibility index (Phi) is 3.35. The molecule has 1 aromatic heterocycles. The largest absolute Gasteiger partial charge is 0.298 e. The van der Waals surface area contributed by atoms with Gasteiger partial charge in [0.25, 0.3) is 5.91 Å². The van der Waals surface area contributed by atoms with Gasteiger partial charge in [-0.05, 0) is 37.3 Å². The maximum atomic E-state index is 12.1. The Morgan fingerprint density at radius 1 is 1.15 bits per heavy atom. The van der Waals surface area contributed by atoms with Crippen LogP contribution in [0.15, 0.2) is 48.5 Å². The van der Waals surface area contributed by atoms with Gasteiger partial charge in [-0.15, -0.1) is 11.3 Å². The number of hydrogen-bond donors (Lipinski definition) is 2. The minimum absolute atomic E-state index is 0.165. The van der Waals surface area contributed by atoms with Gasteiger partial charge in [-0.2, -0.15) is 0 Å². The van der Waals surface area contributed by atoms with Crippen molar-refractivity contribution in [1.29, 1.82) is 0 Å². The van der Waals surface area contributed by atoms with Crippen LogP contribution in [0.2, 0.25) is 0 Å². The molecule has 100 valence electrons. The SMILES string of the molecule is Cc1nc2ccc(C(=O)NNc3ccccc3)cc2s1. The molecule has 0 radical (unpaired) electrons. The summed E-state index contributed by atoms with van der Waals surface area (Å²) in [4.78, 5) is 16.5. The molecule has 0 aliphatic rings. The van der Waals surface area contributed by atoms with Gasteiger partial charge in [-0.1, -0.05) is 18.2 Å². The summed E-state index contributed by atoms with van der Waals surface area (Å²) in [5.74, 6) is -0.165. The van der Waals surface area contributed by atoms with Crippen molar-refractivity contribution in [2.24, 2.45) is 0 Å². The fourth-order valence-corrected chi connectivity index (χ4v) is 2.77. The first kappa shape index (κ1) is 12.6. The third-order valence-corrected chi connectivity index (χ3v) is 3.79. The van der Waals surface area contributed by atoms with Crippen LogP contribution >= 0.6 is 11.3 Å². The van der Waals surface area contributed by atoms with Crippen molar-refractivity contribution in [3.8, 4) is 0 Å². The zero-order valence-electron chi connectivity index (χ0n) is 10.9. The minimum atomic E-state index is -0.165. The molecule has 2 N–H and O–H groups in total. The predicted molar refractivity (Wildman–Crippen MR) is 81.9 cm³/mol. The van der Waals surface area contributed by atoms with Crippen molar-refractivity contribution < 1.29 is 4.79 Å². The Bertz CT molecular complexity index is 752. The smallest absolute Gasteiger partial charge is 0.269 e. The predicted octanol–water partition coefficient (Wildman–Crippen LogP) is 3.36. The molecule has 0 unspecified atom stereocenters. The van der Waals surface area contributed by atoms with Crippen LogP contribution < -0.4 is 10.9 Å². The molecular weight excluding hydrogens is 270 g/mol. The van der Waals surface area contributed by atoms with E-state index in [1.165, 1.54) is 0 Å². The van der Waals surface area contributed by atoms with E-state index in [9.17, 15) is 4.79 Å². The number of aryl methyl sites for hydroxylation is 1. The van der Waals surface area contributed by atoms with Crippen LogP contribution in [0.25, 0.3) is 10.2 Å². The first-order valence-corrected chi connectivity index (χ1v) is 7.02. The number of fused-ring (bicyclic) bond motifs is 1. The van der Waals surface area contributed by atoms with Gasteiger partial charge in [0.15, 0.2) is 0 Å². The molecule has 0 saturated carbocycles. The van der Waals surface area contributed by atoms with E-state index in [1.54, 1.807) is 17.4 Å². The minimum Gasteiger partial charge on any atom is -0.298 e. The van der Waals surface area contributed by atoms with Gasteiger partial charge in [0.05, 0.1) is 20.9 Å². The van der Waals surface area contributed by atoms with E-state index in [0.29, 0.717) is 5.56 Å². The van der Waals surface area contributed by atoms with E-state index >= 15 is 0 Å². The average molecular weight is 283 g/mol. The van der Waals surface area contributed by atoms with Gasteiger partial charge in [0, 0.05) is 5.56 Å². The summed E-state index contributed by atoms with van der Waals surface area (Å²) < 4.78 is 1.02. The summed E-state index contributed by atoms with van der Waals surface area (Å²) in [6, 6.07) is 15.0. The zero-order valence-corrected chi connectivity index (χ0v) is 11.7. The molecule has 2 aromatic carbocycles. The maximum Gasteiger partial charge on any atom is 0.269 e. The highest BCUT2D eigenvalue weighted by Gasteiger charge is 2.08. The van der Waals surface area contributed by atoms with Crippen molar-refractivity contribution in [1.82, 2.24) is 10.4 Å². The van der Waals surface area contributed by atoms with E-state index < -0.39 is 0 Å². The summed E-state index contributed by atoms with van der Waals surface area (Å²) in [6.07, 6.45) is 0. The van der Waals surface area contributed by atoms with E-state index in [0.717, 1.165) is 20.9 Å². The van der Waals surface area contributed by atoms with Gasteiger partial charge < -0.3 is 0 Å². The number of thiazole rings is 1. The number of benzene rings is 2.